The minimum Gasteiger partial charge on any atom is -0.481 e. The van der Waals surface area contributed by atoms with E-state index in [0.717, 1.165) is 11.1 Å². The van der Waals surface area contributed by atoms with Gasteiger partial charge in [-0.25, -0.2) is 0 Å². The van der Waals surface area contributed by atoms with Crippen molar-refractivity contribution in [3.63, 3.8) is 0 Å². The number of aryl methyl sites for hydroxylation is 4. The first-order valence-corrected chi connectivity index (χ1v) is 9.41. The van der Waals surface area contributed by atoms with Crippen LogP contribution in [0.4, 0.5) is 0 Å². The minimum atomic E-state index is -0.537. The average molecular weight is 374 g/mol. The Morgan fingerprint density at radius 2 is 1.69 bits per heavy atom. The summed E-state index contributed by atoms with van der Waals surface area (Å²) in [5.41, 5.74) is 5.74. The number of ether oxygens (including phenoxy) is 1. The van der Waals surface area contributed by atoms with Crippen LogP contribution in [0, 0.1) is 27.7 Å². The van der Waals surface area contributed by atoms with Gasteiger partial charge in [0.1, 0.15) is 5.75 Å². The molecule has 140 valence electrons. The van der Waals surface area contributed by atoms with Gasteiger partial charge in [-0.3, -0.25) is 4.79 Å². The lowest BCUT2D eigenvalue weighted by Crippen LogP contribution is -2.39. The normalized spacial score (nSPS) is 13.2. The number of amides is 1. The van der Waals surface area contributed by atoms with Crippen LogP contribution in [0.15, 0.2) is 30.3 Å². The number of halogens is 1. The van der Waals surface area contributed by atoms with E-state index in [1.165, 1.54) is 16.7 Å². The van der Waals surface area contributed by atoms with E-state index in [-0.39, 0.29) is 11.9 Å². The van der Waals surface area contributed by atoms with Crippen LogP contribution in [0.25, 0.3) is 0 Å². The Hall–Kier alpha value is -2.00. The lowest BCUT2D eigenvalue weighted by atomic mass is 9.96. The summed E-state index contributed by atoms with van der Waals surface area (Å²) in [6.45, 7) is 12.1. The second-order valence-electron chi connectivity index (χ2n) is 6.95. The summed E-state index contributed by atoms with van der Waals surface area (Å²) in [4.78, 5) is 12.7. The number of nitrogens with one attached hydrogen (secondary N) is 1. The van der Waals surface area contributed by atoms with Gasteiger partial charge in [-0.05, 0) is 87.1 Å². The Labute approximate surface area is 161 Å². The first kappa shape index (κ1) is 20.3. The molecule has 0 aliphatic heterocycles. The number of hydrogen-bond donors (Lipinski definition) is 1. The first-order chi connectivity index (χ1) is 12.2. The summed E-state index contributed by atoms with van der Waals surface area (Å²) in [7, 11) is 0. The molecule has 0 saturated carbocycles. The van der Waals surface area contributed by atoms with Crippen molar-refractivity contribution < 1.29 is 9.53 Å². The smallest absolute Gasteiger partial charge is 0.261 e. The van der Waals surface area contributed by atoms with Crippen LogP contribution >= 0.6 is 11.6 Å². The van der Waals surface area contributed by atoms with E-state index in [4.69, 9.17) is 16.3 Å². The highest BCUT2D eigenvalue weighted by atomic mass is 35.5. The molecule has 0 aromatic heterocycles. The van der Waals surface area contributed by atoms with E-state index in [1.54, 1.807) is 12.1 Å². The molecule has 26 heavy (non-hydrogen) atoms. The molecule has 0 spiro atoms. The van der Waals surface area contributed by atoms with Crippen molar-refractivity contribution in [2.75, 3.05) is 0 Å². The van der Waals surface area contributed by atoms with E-state index in [1.807, 2.05) is 26.8 Å². The maximum atomic E-state index is 12.7. The molecule has 0 radical (unpaired) electrons. The molecule has 1 amide bonds. The number of hydrogen-bond acceptors (Lipinski definition) is 2. The number of benzene rings is 2. The molecule has 2 atom stereocenters. The van der Waals surface area contributed by atoms with E-state index in [9.17, 15) is 4.79 Å². The van der Waals surface area contributed by atoms with Crippen LogP contribution in [0.5, 0.6) is 5.75 Å². The van der Waals surface area contributed by atoms with Crippen molar-refractivity contribution in [1.29, 1.82) is 0 Å². The Kier molecular flexibility index (Phi) is 6.71. The summed E-state index contributed by atoms with van der Waals surface area (Å²) in [6.07, 6.45) is 0.0523. The summed E-state index contributed by atoms with van der Waals surface area (Å²) >= 11 is 6.05. The zero-order valence-electron chi connectivity index (χ0n) is 16.4. The predicted octanol–water partition coefficient (Wildman–Crippen LogP) is 5.61. The highest BCUT2D eigenvalue weighted by Crippen LogP contribution is 2.24. The third-order valence-electron chi connectivity index (χ3n) is 4.78. The van der Waals surface area contributed by atoms with Crippen LogP contribution in [0.2, 0.25) is 5.02 Å². The zero-order valence-corrected chi connectivity index (χ0v) is 17.2. The molecule has 0 unspecified atom stereocenters. The third kappa shape index (κ3) is 4.79. The molecule has 4 heteroatoms. The molecule has 0 bridgehead atoms. The van der Waals surface area contributed by atoms with Gasteiger partial charge in [0.05, 0.1) is 6.04 Å². The van der Waals surface area contributed by atoms with Crippen LogP contribution in [0.3, 0.4) is 0 Å². The Bertz CT molecular complexity index is 801. The number of rotatable bonds is 6. The van der Waals surface area contributed by atoms with Crippen LogP contribution in [-0.4, -0.2) is 12.0 Å². The molecule has 2 rings (SSSR count). The second-order valence-corrected chi connectivity index (χ2v) is 7.36. The summed E-state index contributed by atoms with van der Waals surface area (Å²) in [5, 5.41) is 3.78. The fourth-order valence-electron chi connectivity index (χ4n) is 3.01. The maximum Gasteiger partial charge on any atom is 0.261 e. The van der Waals surface area contributed by atoms with Crippen molar-refractivity contribution in [2.45, 2.75) is 60.1 Å². The van der Waals surface area contributed by atoms with Gasteiger partial charge >= 0.3 is 0 Å². The molecule has 3 nitrogen and oxygen atoms in total. The van der Waals surface area contributed by atoms with Crippen molar-refractivity contribution in [2.24, 2.45) is 0 Å². The molecule has 1 N–H and O–H groups in total. The van der Waals surface area contributed by atoms with Crippen LogP contribution in [0.1, 0.15) is 54.1 Å². The Morgan fingerprint density at radius 3 is 2.31 bits per heavy atom. The lowest BCUT2D eigenvalue weighted by molar-refractivity contribution is -0.128. The minimum absolute atomic E-state index is 0.0774. The standard InChI is InChI=1S/C22H28ClNO2/c1-7-21(26-18-8-9-20(23)16(5)11-18)22(25)24-17(6)19-12-14(3)13(2)10-15(19)4/h8-12,17,21H,7H2,1-6H3,(H,24,25)/t17-,21+/m0/s1. The summed E-state index contributed by atoms with van der Waals surface area (Å²) < 4.78 is 5.90. The fraction of sp³-hybridized carbons (Fsp3) is 0.409. The van der Waals surface area contributed by atoms with E-state index >= 15 is 0 Å². The average Bonchev–Trinajstić information content (AvgIpc) is 2.58. The number of carbonyl (C=O) groups excluding carboxylic acids is 1. The molecule has 0 fully saturated rings. The van der Waals surface area contributed by atoms with Gasteiger partial charge < -0.3 is 10.1 Å². The molecular weight excluding hydrogens is 346 g/mol. The zero-order chi connectivity index (χ0) is 19.4. The SMILES string of the molecule is CC[C@@H](Oc1ccc(Cl)c(C)c1)C(=O)N[C@@H](C)c1cc(C)c(C)cc1C. The molecule has 0 aliphatic carbocycles. The topological polar surface area (TPSA) is 38.3 Å². The molecule has 2 aromatic rings. The third-order valence-corrected chi connectivity index (χ3v) is 5.20. The summed E-state index contributed by atoms with van der Waals surface area (Å²) in [6, 6.07) is 9.68. The van der Waals surface area contributed by atoms with Gasteiger partial charge in [0.25, 0.3) is 5.91 Å². The van der Waals surface area contributed by atoms with Crippen LogP contribution in [-0.2, 0) is 4.79 Å². The highest BCUT2D eigenvalue weighted by Gasteiger charge is 2.21. The van der Waals surface area contributed by atoms with E-state index in [0.29, 0.717) is 17.2 Å². The van der Waals surface area contributed by atoms with Crippen molar-refractivity contribution >= 4 is 17.5 Å². The van der Waals surface area contributed by atoms with Gasteiger partial charge in [0.15, 0.2) is 6.10 Å². The van der Waals surface area contributed by atoms with Gasteiger partial charge in [0.2, 0.25) is 0 Å². The predicted molar refractivity (Wildman–Crippen MR) is 108 cm³/mol. The summed E-state index contributed by atoms with van der Waals surface area (Å²) in [5.74, 6) is 0.550. The molecule has 0 aliphatic rings. The van der Waals surface area contributed by atoms with E-state index < -0.39 is 6.10 Å². The number of carbonyl (C=O) groups is 1. The van der Waals surface area contributed by atoms with Crippen molar-refractivity contribution in [3.8, 4) is 5.75 Å². The fourth-order valence-corrected chi connectivity index (χ4v) is 3.13. The van der Waals surface area contributed by atoms with Gasteiger partial charge in [-0.1, -0.05) is 30.7 Å². The maximum absolute atomic E-state index is 12.7. The largest absolute Gasteiger partial charge is 0.481 e. The van der Waals surface area contributed by atoms with Gasteiger partial charge in [0, 0.05) is 5.02 Å². The first-order valence-electron chi connectivity index (χ1n) is 9.03. The Morgan fingerprint density at radius 1 is 1.04 bits per heavy atom. The van der Waals surface area contributed by atoms with Crippen molar-refractivity contribution in [3.05, 3.63) is 63.2 Å². The molecule has 0 saturated heterocycles. The van der Waals surface area contributed by atoms with Gasteiger partial charge in [-0.2, -0.15) is 0 Å². The molecule has 0 heterocycles. The van der Waals surface area contributed by atoms with Crippen molar-refractivity contribution in [1.82, 2.24) is 5.32 Å². The quantitative estimate of drug-likeness (QED) is 0.714. The van der Waals surface area contributed by atoms with E-state index in [2.05, 4.69) is 38.2 Å². The van der Waals surface area contributed by atoms with Gasteiger partial charge in [-0.15, -0.1) is 0 Å². The molecular formula is C22H28ClNO2. The highest BCUT2D eigenvalue weighted by molar-refractivity contribution is 6.31. The van der Waals surface area contributed by atoms with Crippen LogP contribution < -0.4 is 10.1 Å². The molecule has 2 aromatic carbocycles. The Balaban J connectivity index is 2.10. The second kappa shape index (κ2) is 8.59. The lowest BCUT2D eigenvalue weighted by Gasteiger charge is -2.22. The monoisotopic (exact) mass is 373 g/mol.